The summed E-state index contributed by atoms with van der Waals surface area (Å²) >= 11 is 0. The van der Waals surface area contributed by atoms with Gasteiger partial charge < -0.3 is 10.1 Å². The highest BCUT2D eigenvalue weighted by Gasteiger charge is 2.13. The van der Waals surface area contributed by atoms with E-state index in [0.717, 1.165) is 24.9 Å². The Hall–Kier alpha value is -0.930. The van der Waals surface area contributed by atoms with Gasteiger partial charge >= 0.3 is 0 Å². The van der Waals surface area contributed by atoms with Gasteiger partial charge in [-0.1, -0.05) is 25.1 Å². The molecular weight excluding hydrogens is 205 g/mol. The third kappa shape index (κ3) is 3.91. The maximum atomic E-state index is 13.6. The predicted molar refractivity (Wildman–Crippen MR) is 63.9 cm³/mol. The van der Waals surface area contributed by atoms with Crippen molar-refractivity contribution in [2.24, 2.45) is 0 Å². The van der Waals surface area contributed by atoms with E-state index in [1.54, 1.807) is 13.2 Å². The van der Waals surface area contributed by atoms with Crippen LogP contribution in [0.4, 0.5) is 4.39 Å². The molecule has 0 fully saturated rings. The van der Waals surface area contributed by atoms with Gasteiger partial charge in [0.05, 0.1) is 0 Å². The fourth-order valence-corrected chi connectivity index (χ4v) is 1.68. The molecule has 0 heterocycles. The molecule has 0 aliphatic heterocycles. The van der Waals surface area contributed by atoms with E-state index in [1.807, 2.05) is 12.1 Å². The summed E-state index contributed by atoms with van der Waals surface area (Å²) in [6, 6.07) is 6.96. The number of halogens is 1. The zero-order chi connectivity index (χ0) is 11.8. The minimum Gasteiger partial charge on any atom is -0.385 e. The Bertz CT molecular complexity index is 296. The van der Waals surface area contributed by atoms with E-state index in [9.17, 15) is 4.39 Å². The molecule has 0 radical (unpaired) electrons. The Labute approximate surface area is 96.8 Å². The van der Waals surface area contributed by atoms with Gasteiger partial charge in [-0.3, -0.25) is 0 Å². The quantitative estimate of drug-likeness (QED) is 0.770. The maximum absolute atomic E-state index is 13.6. The molecule has 1 unspecified atom stereocenters. The lowest BCUT2D eigenvalue weighted by Crippen LogP contribution is -2.24. The number of ether oxygens (including phenoxy) is 1. The van der Waals surface area contributed by atoms with Crippen LogP contribution in [0.2, 0.25) is 0 Å². The highest BCUT2D eigenvalue weighted by Crippen LogP contribution is 2.19. The first kappa shape index (κ1) is 13.1. The van der Waals surface area contributed by atoms with Crippen LogP contribution in [0.5, 0.6) is 0 Å². The molecule has 0 saturated heterocycles. The summed E-state index contributed by atoms with van der Waals surface area (Å²) in [5, 5.41) is 3.34. The van der Waals surface area contributed by atoms with Crippen LogP contribution in [0.15, 0.2) is 24.3 Å². The summed E-state index contributed by atoms with van der Waals surface area (Å²) in [4.78, 5) is 0. The van der Waals surface area contributed by atoms with E-state index in [2.05, 4.69) is 12.2 Å². The largest absolute Gasteiger partial charge is 0.385 e. The molecule has 0 bridgehead atoms. The number of hydrogen-bond acceptors (Lipinski definition) is 2. The molecule has 0 aromatic heterocycles. The van der Waals surface area contributed by atoms with Crippen molar-refractivity contribution >= 4 is 0 Å². The third-order valence-electron chi connectivity index (χ3n) is 2.53. The molecule has 0 saturated carbocycles. The number of hydrogen-bond donors (Lipinski definition) is 1. The molecule has 1 aromatic rings. The van der Waals surface area contributed by atoms with E-state index in [-0.39, 0.29) is 11.9 Å². The summed E-state index contributed by atoms with van der Waals surface area (Å²) in [7, 11) is 1.66. The van der Waals surface area contributed by atoms with Gasteiger partial charge in [-0.2, -0.15) is 0 Å². The minimum atomic E-state index is -0.146. The monoisotopic (exact) mass is 225 g/mol. The van der Waals surface area contributed by atoms with Crippen LogP contribution in [0.25, 0.3) is 0 Å². The van der Waals surface area contributed by atoms with Gasteiger partial charge in [-0.15, -0.1) is 0 Å². The lowest BCUT2D eigenvalue weighted by atomic mass is 10.0. The predicted octanol–water partition coefficient (Wildman–Crippen LogP) is 2.90. The van der Waals surface area contributed by atoms with Crippen LogP contribution in [0.3, 0.4) is 0 Å². The average Bonchev–Trinajstić information content (AvgIpc) is 2.31. The second-order valence-corrected chi connectivity index (χ2v) is 3.81. The Kier molecular flexibility index (Phi) is 6.04. The third-order valence-corrected chi connectivity index (χ3v) is 2.53. The molecule has 0 aliphatic rings. The normalized spacial score (nSPS) is 12.7. The zero-order valence-corrected chi connectivity index (χ0v) is 10.0. The van der Waals surface area contributed by atoms with Crippen LogP contribution < -0.4 is 5.32 Å². The minimum absolute atomic E-state index is 0.0427. The van der Waals surface area contributed by atoms with Crippen molar-refractivity contribution in [2.45, 2.75) is 25.8 Å². The zero-order valence-electron chi connectivity index (χ0n) is 10.0. The van der Waals surface area contributed by atoms with Crippen LogP contribution >= 0.6 is 0 Å². The first-order chi connectivity index (χ1) is 7.79. The molecule has 3 heteroatoms. The Morgan fingerprint density at radius 2 is 2.12 bits per heavy atom. The van der Waals surface area contributed by atoms with Crippen molar-refractivity contribution in [1.82, 2.24) is 5.32 Å². The fourth-order valence-electron chi connectivity index (χ4n) is 1.68. The molecule has 0 amide bonds. The van der Waals surface area contributed by atoms with Crippen LogP contribution in [-0.4, -0.2) is 20.3 Å². The molecule has 0 spiro atoms. The molecule has 1 rings (SSSR count). The molecule has 1 aromatic carbocycles. The highest BCUT2D eigenvalue weighted by molar-refractivity contribution is 5.21. The van der Waals surface area contributed by atoms with E-state index in [4.69, 9.17) is 4.74 Å². The average molecular weight is 225 g/mol. The van der Waals surface area contributed by atoms with E-state index in [0.29, 0.717) is 6.61 Å². The van der Waals surface area contributed by atoms with Gasteiger partial charge in [0.2, 0.25) is 0 Å². The van der Waals surface area contributed by atoms with Crippen molar-refractivity contribution in [3.8, 4) is 0 Å². The maximum Gasteiger partial charge on any atom is 0.127 e. The van der Waals surface area contributed by atoms with E-state index in [1.165, 1.54) is 6.07 Å². The Morgan fingerprint density at radius 3 is 2.75 bits per heavy atom. The Morgan fingerprint density at radius 1 is 1.38 bits per heavy atom. The molecule has 0 aliphatic carbocycles. The van der Waals surface area contributed by atoms with Gasteiger partial charge in [0, 0.05) is 25.3 Å². The van der Waals surface area contributed by atoms with Gasteiger partial charge in [0.15, 0.2) is 0 Å². The molecule has 1 atom stereocenters. The number of methoxy groups -OCH3 is 1. The molecule has 16 heavy (non-hydrogen) atoms. The highest BCUT2D eigenvalue weighted by atomic mass is 19.1. The van der Waals surface area contributed by atoms with Crippen molar-refractivity contribution in [3.63, 3.8) is 0 Å². The molecule has 90 valence electrons. The number of nitrogens with one attached hydrogen (secondary N) is 1. The second kappa shape index (κ2) is 7.36. The molecule has 2 nitrogen and oxygen atoms in total. The van der Waals surface area contributed by atoms with Gasteiger partial charge in [0.1, 0.15) is 5.82 Å². The van der Waals surface area contributed by atoms with Gasteiger partial charge in [0.25, 0.3) is 0 Å². The first-order valence-electron chi connectivity index (χ1n) is 5.76. The Balaban J connectivity index is 2.70. The SMILES string of the molecule is CCCNC(CCOC)c1ccccc1F. The van der Waals surface area contributed by atoms with Crippen molar-refractivity contribution < 1.29 is 9.13 Å². The topological polar surface area (TPSA) is 21.3 Å². The van der Waals surface area contributed by atoms with Crippen LogP contribution in [-0.2, 0) is 4.74 Å². The van der Waals surface area contributed by atoms with Crippen LogP contribution in [0, 0.1) is 5.82 Å². The summed E-state index contributed by atoms with van der Waals surface area (Å²) in [5.74, 6) is -0.146. The molecule has 1 N–H and O–H groups in total. The van der Waals surface area contributed by atoms with Crippen LogP contribution in [0.1, 0.15) is 31.4 Å². The van der Waals surface area contributed by atoms with Gasteiger partial charge in [-0.05, 0) is 25.5 Å². The lowest BCUT2D eigenvalue weighted by molar-refractivity contribution is 0.182. The number of rotatable bonds is 7. The summed E-state index contributed by atoms with van der Waals surface area (Å²) in [6.07, 6.45) is 1.83. The standard InChI is InChI=1S/C13H20FNO/c1-3-9-15-13(8-10-16-2)11-6-4-5-7-12(11)14/h4-7,13,15H,3,8-10H2,1-2H3. The summed E-state index contributed by atoms with van der Waals surface area (Å²) < 4.78 is 18.7. The second-order valence-electron chi connectivity index (χ2n) is 3.81. The summed E-state index contributed by atoms with van der Waals surface area (Å²) in [5.41, 5.74) is 0.730. The van der Waals surface area contributed by atoms with E-state index >= 15 is 0 Å². The summed E-state index contributed by atoms with van der Waals surface area (Å²) in [6.45, 7) is 3.63. The lowest BCUT2D eigenvalue weighted by Gasteiger charge is -2.19. The van der Waals surface area contributed by atoms with Gasteiger partial charge in [-0.25, -0.2) is 4.39 Å². The fraction of sp³-hybridized carbons (Fsp3) is 0.538. The smallest absolute Gasteiger partial charge is 0.127 e. The first-order valence-corrected chi connectivity index (χ1v) is 5.76. The number of benzene rings is 1. The van der Waals surface area contributed by atoms with Crippen molar-refractivity contribution in [1.29, 1.82) is 0 Å². The van der Waals surface area contributed by atoms with Crippen molar-refractivity contribution in [3.05, 3.63) is 35.6 Å². The van der Waals surface area contributed by atoms with Crippen molar-refractivity contribution in [2.75, 3.05) is 20.3 Å². The van der Waals surface area contributed by atoms with E-state index < -0.39 is 0 Å². The molecular formula is C13H20FNO.